The Morgan fingerprint density at radius 3 is 2.96 bits per heavy atom. The zero-order chi connectivity index (χ0) is 17.9. The number of fused-ring (bicyclic) bond motifs is 1. The maximum Gasteiger partial charge on any atom is 0.209 e. The van der Waals surface area contributed by atoms with Crippen molar-refractivity contribution in [1.82, 2.24) is 20.2 Å². The number of aromatic nitrogens is 4. The van der Waals surface area contributed by atoms with Crippen LogP contribution in [0.1, 0.15) is 26.8 Å². The van der Waals surface area contributed by atoms with Gasteiger partial charge in [-0.3, -0.25) is 9.89 Å². The second-order valence-corrected chi connectivity index (χ2v) is 7.66. The number of rotatable bonds is 6. The average Bonchev–Trinajstić information content (AvgIpc) is 3.37. The summed E-state index contributed by atoms with van der Waals surface area (Å²) in [5, 5.41) is 10.6. The Hall–Kier alpha value is -2.64. The Kier molecular flexibility index (Phi) is 4.73. The predicted octanol–water partition coefficient (Wildman–Crippen LogP) is 4.80. The largest absolute Gasteiger partial charge is 0.358 e. The number of benzene rings is 1. The molecule has 0 saturated heterocycles. The van der Waals surface area contributed by atoms with Gasteiger partial charge in [0.1, 0.15) is 5.82 Å². The number of para-hydroxylation sites is 1. The van der Waals surface area contributed by atoms with Crippen molar-refractivity contribution in [2.45, 2.75) is 12.1 Å². The van der Waals surface area contributed by atoms with E-state index in [0.717, 1.165) is 27.0 Å². The van der Waals surface area contributed by atoms with Gasteiger partial charge in [0.05, 0.1) is 5.75 Å². The monoisotopic (exact) mass is 380 g/mol. The van der Waals surface area contributed by atoms with Crippen LogP contribution < -0.4 is 0 Å². The Balaban J connectivity index is 1.44. The van der Waals surface area contributed by atoms with E-state index in [-0.39, 0.29) is 5.78 Å². The number of thiophene rings is 1. The van der Waals surface area contributed by atoms with Gasteiger partial charge in [0.15, 0.2) is 5.78 Å². The molecule has 0 unspecified atom stereocenters. The van der Waals surface area contributed by atoms with E-state index in [1.54, 1.807) is 11.3 Å². The van der Waals surface area contributed by atoms with Crippen molar-refractivity contribution in [3.8, 4) is 0 Å². The Morgan fingerprint density at radius 2 is 2.12 bits per heavy atom. The summed E-state index contributed by atoms with van der Waals surface area (Å²) in [4.78, 5) is 21.5. The van der Waals surface area contributed by atoms with Crippen LogP contribution in [0.25, 0.3) is 23.1 Å². The van der Waals surface area contributed by atoms with Crippen molar-refractivity contribution in [2.24, 2.45) is 0 Å². The molecular formula is C19H16N4OS2. The summed E-state index contributed by atoms with van der Waals surface area (Å²) < 4.78 is 0. The van der Waals surface area contributed by atoms with Crippen LogP contribution in [-0.4, -0.2) is 31.7 Å². The van der Waals surface area contributed by atoms with Crippen LogP contribution >= 0.6 is 23.1 Å². The summed E-state index contributed by atoms with van der Waals surface area (Å²) in [6.07, 6.45) is 3.87. The molecule has 1 aromatic carbocycles. The molecule has 4 rings (SSSR count). The fourth-order valence-corrected chi connectivity index (χ4v) is 4.08. The number of carbonyl (C=O) groups excluding carboxylic acids is 1. The lowest BCUT2D eigenvalue weighted by Crippen LogP contribution is -2.03. The number of H-pyrrole nitrogens is 2. The van der Waals surface area contributed by atoms with E-state index in [0.29, 0.717) is 16.7 Å². The molecule has 0 bridgehead atoms. The number of Topliss-reactive ketones (excluding diaryl/α,β-unsaturated/α-hetero) is 1. The predicted molar refractivity (Wildman–Crippen MR) is 108 cm³/mol. The highest BCUT2D eigenvalue weighted by Crippen LogP contribution is 2.24. The highest BCUT2D eigenvalue weighted by Gasteiger charge is 2.16. The number of hydrogen-bond acceptors (Lipinski definition) is 5. The van der Waals surface area contributed by atoms with Gasteiger partial charge in [0.2, 0.25) is 5.16 Å². The third kappa shape index (κ3) is 3.49. The van der Waals surface area contributed by atoms with Crippen molar-refractivity contribution in [3.05, 3.63) is 63.7 Å². The van der Waals surface area contributed by atoms with E-state index in [4.69, 9.17) is 0 Å². The first-order valence-corrected chi connectivity index (χ1v) is 9.94. The second kappa shape index (κ2) is 7.31. The highest BCUT2D eigenvalue weighted by molar-refractivity contribution is 7.99. The van der Waals surface area contributed by atoms with Crippen LogP contribution in [0, 0.1) is 6.92 Å². The molecule has 26 heavy (non-hydrogen) atoms. The molecule has 4 aromatic rings. The van der Waals surface area contributed by atoms with Gasteiger partial charge >= 0.3 is 0 Å². The van der Waals surface area contributed by atoms with Crippen LogP contribution in [0.4, 0.5) is 0 Å². The number of ketones is 1. The van der Waals surface area contributed by atoms with Gasteiger partial charge in [-0.1, -0.05) is 36.0 Å². The molecule has 0 aliphatic rings. The quantitative estimate of drug-likeness (QED) is 0.372. The van der Waals surface area contributed by atoms with Crippen molar-refractivity contribution in [3.63, 3.8) is 0 Å². The molecule has 5 nitrogen and oxygen atoms in total. The van der Waals surface area contributed by atoms with Crippen LogP contribution in [0.5, 0.6) is 0 Å². The second-order valence-electron chi connectivity index (χ2n) is 5.73. The summed E-state index contributed by atoms with van der Waals surface area (Å²) in [6.45, 7) is 1.93. The molecule has 3 aromatic heterocycles. The SMILES string of the molecule is Cc1[nH]c2ccccc2c1C(=O)CSc1n[nH]c(/C=C/c2cccs2)n1. The molecular weight excluding hydrogens is 364 g/mol. The maximum atomic E-state index is 12.7. The molecule has 0 amide bonds. The smallest absolute Gasteiger partial charge is 0.209 e. The minimum atomic E-state index is 0.0745. The van der Waals surface area contributed by atoms with Crippen molar-refractivity contribution < 1.29 is 4.79 Å². The van der Waals surface area contributed by atoms with Crippen LogP contribution in [0.3, 0.4) is 0 Å². The molecule has 0 fully saturated rings. The van der Waals surface area contributed by atoms with Crippen LogP contribution in [0.2, 0.25) is 0 Å². The highest BCUT2D eigenvalue weighted by atomic mass is 32.2. The Morgan fingerprint density at radius 1 is 1.23 bits per heavy atom. The zero-order valence-corrected chi connectivity index (χ0v) is 15.7. The lowest BCUT2D eigenvalue weighted by Gasteiger charge is -1.99. The topological polar surface area (TPSA) is 74.4 Å². The number of thioether (sulfide) groups is 1. The summed E-state index contributed by atoms with van der Waals surface area (Å²) in [5.41, 5.74) is 2.63. The molecule has 130 valence electrons. The van der Waals surface area contributed by atoms with Crippen molar-refractivity contribution >= 4 is 51.9 Å². The molecule has 0 radical (unpaired) electrons. The normalized spacial score (nSPS) is 11.6. The number of nitrogens with one attached hydrogen (secondary N) is 2. The van der Waals surface area contributed by atoms with Crippen LogP contribution in [-0.2, 0) is 0 Å². The lowest BCUT2D eigenvalue weighted by molar-refractivity contribution is 0.102. The van der Waals surface area contributed by atoms with E-state index < -0.39 is 0 Å². The maximum absolute atomic E-state index is 12.7. The first-order valence-electron chi connectivity index (χ1n) is 8.08. The van der Waals surface area contributed by atoms with E-state index in [2.05, 4.69) is 20.2 Å². The zero-order valence-electron chi connectivity index (χ0n) is 14.0. The number of aryl methyl sites for hydroxylation is 1. The minimum Gasteiger partial charge on any atom is -0.358 e. The number of carbonyl (C=O) groups is 1. The summed E-state index contributed by atoms with van der Waals surface area (Å²) >= 11 is 3.00. The van der Waals surface area contributed by atoms with Gasteiger partial charge < -0.3 is 4.98 Å². The molecule has 0 aliphatic carbocycles. The lowest BCUT2D eigenvalue weighted by atomic mass is 10.1. The fraction of sp³-hybridized carbons (Fsp3) is 0.105. The van der Waals surface area contributed by atoms with E-state index >= 15 is 0 Å². The molecule has 2 N–H and O–H groups in total. The van der Waals surface area contributed by atoms with Gasteiger partial charge in [0, 0.05) is 27.0 Å². The Bertz CT molecular complexity index is 1080. The van der Waals surface area contributed by atoms with Gasteiger partial charge in [-0.25, -0.2) is 4.98 Å². The van der Waals surface area contributed by atoms with E-state index in [1.807, 2.05) is 60.9 Å². The standard InChI is InChI=1S/C19H16N4OS2/c1-12-18(14-6-2-3-7-15(14)20-12)16(24)11-26-19-21-17(22-23-19)9-8-13-5-4-10-25-13/h2-10,20H,11H2,1H3,(H,21,22,23)/b9-8+. The van der Waals surface area contributed by atoms with Gasteiger partial charge in [-0.05, 0) is 36.6 Å². The minimum absolute atomic E-state index is 0.0745. The van der Waals surface area contributed by atoms with Gasteiger partial charge in [-0.15, -0.1) is 16.4 Å². The summed E-state index contributed by atoms with van der Waals surface area (Å²) in [6, 6.07) is 11.9. The molecule has 0 atom stereocenters. The molecule has 0 aliphatic heterocycles. The third-order valence-corrected chi connectivity index (χ3v) is 5.62. The fourth-order valence-electron chi connectivity index (χ4n) is 2.78. The molecule has 0 spiro atoms. The van der Waals surface area contributed by atoms with Crippen molar-refractivity contribution in [1.29, 1.82) is 0 Å². The van der Waals surface area contributed by atoms with Crippen molar-refractivity contribution in [2.75, 3.05) is 5.75 Å². The van der Waals surface area contributed by atoms with Gasteiger partial charge in [-0.2, -0.15) is 0 Å². The average molecular weight is 380 g/mol. The first kappa shape index (κ1) is 16.8. The van der Waals surface area contributed by atoms with Gasteiger partial charge in [0.25, 0.3) is 0 Å². The molecule has 0 saturated carbocycles. The molecule has 3 heterocycles. The third-order valence-electron chi connectivity index (χ3n) is 3.94. The number of hydrogen-bond donors (Lipinski definition) is 2. The number of nitrogens with zero attached hydrogens (tertiary/aromatic N) is 2. The number of aromatic amines is 2. The van der Waals surface area contributed by atoms with E-state index in [9.17, 15) is 4.79 Å². The first-order chi connectivity index (χ1) is 12.7. The summed E-state index contributed by atoms with van der Waals surface area (Å²) in [7, 11) is 0. The summed E-state index contributed by atoms with van der Waals surface area (Å²) in [5.74, 6) is 1.05. The van der Waals surface area contributed by atoms with Crippen LogP contribution in [0.15, 0.2) is 46.9 Å². The van der Waals surface area contributed by atoms with E-state index in [1.165, 1.54) is 11.8 Å². The Labute approximate surface area is 158 Å². The molecule has 7 heteroatoms.